The van der Waals surface area contributed by atoms with Crippen molar-refractivity contribution in [3.05, 3.63) is 65.9 Å². The Balaban J connectivity index is 1.49. The standard InChI is InChI=1S/C20H19N3O2/c24-19-8-3-11-23(19)15-5-1-4-14(12-15)13-22-20(25)17-6-2-7-18-16(17)9-10-21-18/h1-2,4-7,9-10,12,21H,3,8,11,13H2,(H,22,25). The fourth-order valence-corrected chi connectivity index (χ4v) is 3.32. The van der Waals surface area contributed by atoms with Crippen molar-refractivity contribution in [3.63, 3.8) is 0 Å². The molecule has 1 aromatic heterocycles. The highest BCUT2D eigenvalue weighted by Gasteiger charge is 2.21. The second kappa shape index (κ2) is 6.43. The number of nitrogens with zero attached hydrogens (tertiary/aromatic N) is 1. The zero-order chi connectivity index (χ0) is 17.2. The molecule has 0 atom stereocenters. The molecule has 4 rings (SSSR count). The maximum absolute atomic E-state index is 12.5. The van der Waals surface area contributed by atoms with Crippen molar-refractivity contribution in [2.45, 2.75) is 19.4 Å². The van der Waals surface area contributed by atoms with Gasteiger partial charge < -0.3 is 15.2 Å². The molecule has 2 amide bonds. The van der Waals surface area contributed by atoms with E-state index in [2.05, 4.69) is 10.3 Å². The lowest BCUT2D eigenvalue weighted by Gasteiger charge is -2.16. The first-order valence-corrected chi connectivity index (χ1v) is 8.46. The smallest absolute Gasteiger partial charge is 0.252 e. The van der Waals surface area contributed by atoms with Crippen molar-refractivity contribution in [1.29, 1.82) is 0 Å². The Morgan fingerprint density at radius 2 is 2.04 bits per heavy atom. The molecule has 25 heavy (non-hydrogen) atoms. The van der Waals surface area contributed by atoms with Gasteiger partial charge in [0.25, 0.3) is 5.91 Å². The van der Waals surface area contributed by atoms with Crippen molar-refractivity contribution in [3.8, 4) is 0 Å². The number of nitrogens with one attached hydrogen (secondary N) is 2. The monoisotopic (exact) mass is 333 g/mol. The van der Waals surface area contributed by atoms with Crippen LogP contribution in [-0.2, 0) is 11.3 Å². The van der Waals surface area contributed by atoms with Gasteiger partial charge in [0.15, 0.2) is 0 Å². The summed E-state index contributed by atoms with van der Waals surface area (Å²) in [6.45, 7) is 1.19. The molecule has 0 radical (unpaired) electrons. The van der Waals surface area contributed by atoms with Crippen molar-refractivity contribution in [1.82, 2.24) is 10.3 Å². The van der Waals surface area contributed by atoms with Gasteiger partial charge in [-0.25, -0.2) is 0 Å². The van der Waals surface area contributed by atoms with Crippen LogP contribution in [-0.4, -0.2) is 23.3 Å². The number of hydrogen-bond acceptors (Lipinski definition) is 2. The van der Waals surface area contributed by atoms with Gasteiger partial charge in [-0.15, -0.1) is 0 Å². The molecule has 1 aliphatic heterocycles. The highest BCUT2D eigenvalue weighted by molar-refractivity contribution is 6.06. The second-order valence-electron chi connectivity index (χ2n) is 6.25. The van der Waals surface area contributed by atoms with Gasteiger partial charge >= 0.3 is 0 Å². The molecular weight excluding hydrogens is 314 g/mol. The highest BCUT2D eigenvalue weighted by atomic mass is 16.2. The molecule has 5 heteroatoms. The Bertz CT molecular complexity index is 945. The number of aromatic amines is 1. The molecule has 1 aliphatic rings. The van der Waals surface area contributed by atoms with Gasteiger partial charge in [-0.3, -0.25) is 9.59 Å². The third-order valence-electron chi connectivity index (χ3n) is 4.59. The zero-order valence-corrected chi connectivity index (χ0v) is 13.8. The van der Waals surface area contributed by atoms with Crippen LogP contribution in [0, 0.1) is 0 Å². The summed E-state index contributed by atoms with van der Waals surface area (Å²) in [4.78, 5) is 29.3. The number of benzene rings is 2. The summed E-state index contributed by atoms with van der Waals surface area (Å²) in [5.41, 5.74) is 3.49. The average Bonchev–Trinajstić information content (AvgIpc) is 3.28. The van der Waals surface area contributed by atoms with Gasteiger partial charge in [0.2, 0.25) is 5.91 Å². The van der Waals surface area contributed by atoms with Gasteiger partial charge in [0.05, 0.1) is 0 Å². The number of anilines is 1. The Morgan fingerprint density at radius 3 is 2.88 bits per heavy atom. The average molecular weight is 333 g/mol. The number of H-pyrrole nitrogens is 1. The van der Waals surface area contributed by atoms with E-state index >= 15 is 0 Å². The fourth-order valence-electron chi connectivity index (χ4n) is 3.32. The second-order valence-corrected chi connectivity index (χ2v) is 6.25. The van der Waals surface area contributed by atoms with Crippen molar-refractivity contribution >= 4 is 28.4 Å². The van der Waals surface area contributed by atoms with Gasteiger partial charge in [-0.2, -0.15) is 0 Å². The molecule has 3 aromatic rings. The molecule has 2 heterocycles. The van der Waals surface area contributed by atoms with Crippen LogP contribution in [0.5, 0.6) is 0 Å². The molecule has 0 bridgehead atoms. The predicted octanol–water partition coefficient (Wildman–Crippen LogP) is 3.22. The molecule has 0 saturated carbocycles. The van der Waals surface area contributed by atoms with Gasteiger partial charge in [0.1, 0.15) is 0 Å². The SMILES string of the molecule is O=C(NCc1cccc(N2CCCC2=O)c1)c1cccc2[nH]ccc12. The van der Waals surface area contributed by atoms with E-state index in [9.17, 15) is 9.59 Å². The molecule has 0 spiro atoms. The summed E-state index contributed by atoms with van der Waals surface area (Å²) in [6.07, 6.45) is 3.35. The van der Waals surface area contributed by atoms with Gasteiger partial charge in [0, 0.05) is 47.9 Å². The summed E-state index contributed by atoms with van der Waals surface area (Å²) >= 11 is 0. The molecular formula is C20H19N3O2. The largest absolute Gasteiger partial charge is 0.361 e. The molecule has 5 nitrogen and oxygen atoms in total. The number of amides is 2. The summed E-state index contributed by atoms with van der Waals surface area (Å²) in [7, 11) is 0. The number of aromatic nitrogens is 1. The lowest BCUT2D eigenvalue weighted by Crippen LogP contribution is -2.25. The minimum absolute atomic E-state index is 0.104. The van der Waals surface area contributed by atoms with E-state index in [-0.39, 0.29) is 11.8 Å². The number of fused-ring (bicyclic) bond motifs is 1. The lowest BCUT2D eigenvalue weighted by atomic mass is 10.1. The Kier molecular flexibility index (Phi) is 3.98. The van der Waals surface area contributed by atoms with E-state index in [4.69, 9.17) is 0 Å². The van der Waals surface area contributed by atoms with Gasteiger partial charge in [-0.05, 0) is 42.3 Å². The summed E-state index contributed by atoms with van der Waals surface area (Å²) in [5.74, 6) is 0.0631. The Labute approximate surface area is 145 Å². The Morgan fingerprint density at radius 1 is 1.16 bits per heavy atom. The molecule has 1 saturated heterocycles. The van der Waals surface area contributed by atoms with E-state index in [1.54, 1.807) is 0 Å². The molecule has 0 unspecified atom stereocenters. The maximum Gasteiger partial charge on any atom is 0.252 e. The van der Waals surface area contributed by atoms with Crippen LogP contribution in [0.25, 0.3) is 10.9 Å². The molecule has 1 fully saturated rings. The number of hydrogen-bond donors (Lipinski definition) is 2. The first-order chi connectivity index (χ1) is 12.2. The minimum atomic E-state index is -0.104. The van der Waals surface area contributed by atoms with Crippen LogP contribution in [0.1, 0.15) is 28.8 Å². The lowest BCUT2D eigenvalue weighted by molar-refractivity contribution is -0.117. The van der Waals surface area contributed by atoms with E-state index in [1.807, 2.05) is 59.6 Å². The van der Waals surface area contributed by atoms with Crippen LogP contribution in [0.3, 0.4) is 0 Å². The minimum Gasteiger partial charge on any atom is -0.361 e. The fraction of sp³-hybridized carbons (Fsp3) is 0.200. The number of carbonyl (C=O) groups excluding carboxylic acids is 2. The third-order valence-corrected chi connectivity index (χ3v) is 4.59. The van der Waals surface area contributed by atoms with Gasteiger partial charge in [-0.1, -0.05) is 18.2 Å². The van der Waals surface area contributed by atoms with E-state index in [0.29, 0.717) is 18.5 Å². The topological polar surface area (TPSA) is 65.2 Å². The Hall–Kier alpha value is -3.08. The van der Waals surface area contributed by atoms with Crippen LogP contribution in [0.15, 0.2) is 54.7 Å². The number of carbonyl (C=O) groups is 2. The zero-order valence-electron chi connectivity index (χ0n) is 13.8. The highest BCUT2D eigenvalue weighted by Crippen LogP contribution is 2.22. The van der Waals surface area contributed by atoms with E-state index in [0.717, 1.165) is 35.1 Å². The summed E-state index contributed by atoms with van der Waals surface area (Å²) in [6, 6.07) is 15.3. The first-order valence-electron chi connectivity index (χ1n) is 8.46. The molecule has 0 aliphatic carbocycles. The van der Waals surface area contributed by atoms with Crippen molar-refractivity contribution < 1.29 is 9.59 Å². The summed E-state index contributed by atoms with van der Waals surface area (Å²) < 4.78 is 0. The predicted molar refractivity (Wildman–Crippen MR) is 97.5 cm³/mol. The van der Waals surface area contributed by atoms with Crippen LogP contribution < -0.4 is 10.2 Å². The quantitative estimate of drug-likeness (QED) is 0.770. The van der Waals surface area contributed by atoms with E-state index < -0.39 is 0 Å². The summed E-state index contributed by atoms with van der Waals surface area (Å²) in [5, 5.41) is 3.88. The molecule has 2 N–H and O–H groups in total. The van der Waals surface area contributed by atoms with E-state index in [1.165, 1.54) is 0 Å². The van der Waals surface area contributed by atoms with Crippen LogP contribution in [0.2, 0.25) is 0 Å². The van der Waals surface area contributed by atoms with Crippen molar-refractivity contribution in [2.24, 2.45) is 0 Å². The molecule has 126 valence electrons. The third kappa shape index (κ3) is 3.01. The maximum atomic E-state index is 12.5. The van der Waals surface area contributed by atoms with Crippen LogP contribution in [0.4, 0.5) is 5.69 Å². The number of rotatable bonds is 4. The first kappa shape index (κ1) is 15.4. The van der Waals surface area contributed by atoms with Crippen LogP contribution >= 0.6 is 0 Å². The van der Waals surface area contributed by atoms with Crippen molar-refractivity contribution in [2.75, 3.05) is 11.4 Å². The molecule has 2 aromatic carbocycles. The normalized spacial score (nSPS) is 14.2.